The van der Waals surface area contributed by atoms with Gasteiger partial charge in [0.2, 0.25) is 5.95 Å². The number of rotatable bonds is 4. The quantitative estimate of drug-likeness (QED) is 0.580. The maximum Gasteiger partial charge on any atom is 0.206 e. The number of aromatic nitrogens is 2. The summed E-state index contributed by atoms with van der Waals surface area (Å²) in [6, 6.07) is 1.80. The Bertz CT molecular complexity index is 447. The fourth-order valence-corrected chi connectivity index (χ4v) is 2.28. The van der Waals surface area contributed by atoms with Crippen LogP contribution in [0.25, 0.3) is 10.3 Å². The summed E-state index contributed by atoms with van der Waals surface area (Å²) in [5, 5.41) is 19.2. The first-order valence-corrected chi connectivity index (χ1v) is 5.74. The molecule has 0 saturated heterocycles. The standard InChI is InChI=1S/C9H14N4O2S/c1-5(15)13(2-3-14)9-11-6-4-7(10)16-8(6)12-9/h4-5,14-15H,2-3,10H2,1H3,(H,11,12). The van der Waals surface area contributed by atoms with Gasteiger partial charge in [-0.2, -0.15) is 0 Å². The highest BCUT2D eigenvalue weighted by Gasteiger charge is 2.16. The summed E-state index contributed by atoms with van der Waals surface area (Å²) in [7, 11) is 0. The van der Waals surface area contributed by atoms with E-state index in [2.05, 4.69) is 9.97 Å². The van der Waals surface area contributed by atoms with E-state index in [1.165, 1.54) is 11.3 Å². The summed E-state index contributed by atoms with van der Waals surface area (Å²) in [6.07, 6.45) is -0.704. The Hall–Kier alpha value is -1.31. The van der Waals surface area contributed by atoms with Crippen molar-refractivity contribution in [2.24, 2.45) is 0 Å². The Morgan fingerprint density at radius 3 is 3.00 bits per heavy atom. The van der Waals surface area contributed by atoms with Crippen LogP contribution in [0.2, 0.25) is 0 Å². The van der Waals surface area contributed by atoms with Crippen LogP contribution in [-0.2, 0) is 0 Å². The summed E-state index contributed by atoms with van der Waals surface area (Å²) in [6.45, 7) is 1.91. The Morgan fingerprint density at radius 2 is 2.44 bits per heavy atom. The molecule has 0 bridgehead atoms. The molecule has 6 nitrogen and oxygen atoms in total. The summed E-state index contributed by atoms with van der Waals surface area (Å²) >= 11 is 1.38. The van der Waals surface area contributed by atoms with Crippen LogP contribution in [-0.4, -0.2) is 39.6 Å². The third-order valence-electron chi connectivity index (χ3n) is 2.25. The van der Waals surface area contributed by atoms with E-state index < -0.39 is 6.23 Å². The lowest BCUT2D eigenvalue weighted by Gasteiger charge is -2.23. The lowest BCUT2D eigenvalue weighted by molar-refractivity contribution is 0.176. The number of hydrogen-bond acceptors (Lipinski definition) is 6. The molecule has 2 aromatic rings. The Labute approximate surface area is 96.3 Å². The second-order valence-corrected chi connectivity index (χ2v) is 4.54. The number of anilines is 2. The fraction of sp³-hybridized carbons (Fsp3) is 0.444. The monoisotopic (exact) mass is 242 g/mol. The first kappa shape index (κ1) is 11.2. The third kappa shape index (κ3) is 1.97. The van der Waals surface area contributed by atoms with Crippen LogP contribution < -0.4 is 10.6 Å². The van der Waals surface area contributed by atoms with Gasteiger partial charge >= 0.3 is 0 Å². The fourth-order valence-electron chi connectivity index (χ4n) is 1.53. The summed E-state index contributed by atoms with van der Waals surface area (Å²) < 4.78 is 0. The van der Waals surface area contributed by atoms with Crippen LogP contribution in [0.15, 0.2) is 6.07 Å². The zero-order chi connectivity index (χ0) is 11.7. The number of nitrogens with two attached hydrogens (primary N) is 1. The molecule has 0 saturated carbocycles. The second kappa shape index (κ2) is 4.28. The van der Waals surface area contributed by atoms with Crippen molar-refractivity contribution < 1.29 is 10.2 Å². The molecule has 1 unspecified atom stereocenters. The van der Waals surface area contributed by atoms with E-state index >= 15 is 0 Å². The van der Waals surface area contributed by atoms with E-state index in [1.807, 2.05) is 0 Å². The van der Waals surface area contributed by atoms with E-state index in [1.54, 1.807) is 17.9 Å². The van der Waals surface area contributed by atoms with Crippen molar-refractivity contribution in [3.05, 3.63) is 6.07 Å². The van der Waals surface area contributed by atoms with Crippen molar-refractivity contribution in [2.45, 2.75) is 13.2 Å². The predicted octanol–water partition coefficient (Wildman–Crippen LogP) is 0.344. The van der Waals surface area contributed by atoms with E-state index in [0.717, 1.165) is 10.3 Å². The normalized spacial score (nSPS) is 13.2. The average molecular weight is 242 g/mol. The number of aromatic amines is 1. The Morgan fingerprint density at radius 1 is 1.69 bits per heavy atom. The molecule has 0 aliphatic carbocycles. The molecule has 5 N–H and O–H groups in total. The minimum Gasteiger partial charge on any atom is -0.395 e. The van der Waals surface area contributed by atoms with Gasteiger partial charge in [0, 0.05) is 6.54 Å². The largest absolute Gasteiger partial charge is 0.395 e. The molecule has 0 spiro atoms. The molecule has 0 aromatic carbocycles. The maximum absolute atomic E-state index is 9.55. The molecule has 0 radical (unpaired) electrons. The smallest absolute Gasteiger partial charge is 0.206 e. The lowest BCUT2D eigenvalue weighted by atomic mass is 10.5. The molecule has 0 aliphatic heterocycles. The molecule has 7 heteroatoms. The number of nitrogens with one attached hydrogen (secondary N) is 1. The summed E-state index contributed by atoms with van der Waals surface area (Å²) in [5.41, 5.74) is 6.48. The molecule has 2 heterocycles. The first-order chi connectivity index (χ1) is 7.61. The van der Waals surface area contributed by atoms with Crippen molar-refractivity contribution in [1.29, 1.82) is 0 Å². The number of aliphatic hydroxyl groups is 2. The summed E-state index contributed by atoms with van der Waals surface area (Å²) in [5.74, 6) is 0.547. The number of nitrogens with zero attached hydrogens (tertiary/aromatic N) is 2. The van der Waals surface area contributed by atoms with Gasteiger partial charge in [0.15, 0.2) is 0 Å². The van der Waals surface area contributed by atoms with Gasteiger partial charge in [0.05, 0.1) is 17.1 Å². The van der Waals surface area contributed by atoms with Crippen molar-refractivity contribution in [3.63, 3.8) is 0 Å². The predicted molar refractivity (Wildman–Crippen MR) is 64.5 cm³/mol. The van der Waals surface area contributed by atoms with E-state index in [4.69, 9.17) is 10.8 Å². The molecular formula is C9H14N4O2S. The number of fused-ring (bicyclic) bond motifs is 1. The van der Waals surface area contributed by atoms with E-state index in [0.29, 0.717) is 17.5 Å². The molecule has 88 valence electrons. The van der Waals surface area contributed by atoms with Gasteiger partial charge < -0.3 is 25.8 Å². The molecule has 0 aliphatic rings. The molecule has 0 fully saturated rings. The van der Waals surface area contributed by atoms with Crippen LogP contribution >= 0.6 is 11.3 Å². The number of hydrogen-bond donors (Lipinski definition) is 4. The molecule has 2 rings (SSSR count). The zero-order valence-electron chi connectivity index (χ0n) is 8.84. The number of imidazole rings is 1. The maximum atomic E-state index is 9.55. The minimum atomic E-state index is -0.704. The van der Waals surface area contributed by atoms with Gasteiger partial charge in [-0.05, 0) is 13.0 Å². The van der Waals surface area contributed by atoms with Gasteiger partial charge in [-0.25, -0.2) is 4.98 Å². The Balaban J connectivity index is 2.33. The van der Waals surface area contributed by atoms with Crippen molar-refractivity contribution in [3.8, 4) is 0 Å². The van der Waals surface area contributed by atoms with Gasteiger partial charge in [-0.1, -0.05) is 11.3 Å². The number of thiophene rings is 1. The van der Waals surface area contributed by atoms with Gasteiger partial charge in [0.1, 0.15) is 11.1 Å². The average Bonchev–Trinajstić information content (AvgIpc) is 2.70. The molecule has 0 amide bonds. The van der Waals surface area contributed by atoms with Gasteiger partial charge in [-0.15, -0.1) is 0 Å². The molecular weight excluding hydrogens is 228 g/mol. The van der Waals surface area contributed by atoms with Crippen molar-refractivity contribution in [1.82, 2.24) is 9.97 Å². The molecule has 1 atom stereocenters. The molecule has 16 heavy (non-hydrogen) atoms. The van der Waals surface area contributed by atoms with Crippen LogP contribution in [0.3, 0.4) is 0 Å². The highest BCUT2D eigenvalue weighted by molar-refractivity contribution is 7.22. The topological polar surface area (TPSA) is 98.4 Å². The van der Waals surface area contributed by atoms with E-state index in [-0.39, 0.29) is 6.61 Å². The third-order valence-corrected chi connectivity index (χ3v) is 3.11. The Kier molecular flexibility index (Phi) is 2.99. The zero-order valence-corrected chi connectivity index (χ0v) is 9.66. The minimum absolute atomic E-state index is 0.0403. The number of nitrogen functional groups attached to an aromatic ring is 1. The van der Waals surface area contributed by atoms with Crippen LogP contribution in [0.5, 0.6) is 0 Å². The van der Waals surface area contributed by atoms with Gasteiger partial charge in [-0.3, -0.25) is 0 Å². The van der Waals surface area contributed by atoms with Crippen LogP contribution in [0.4, 0.5) is 10.9 Å². The lowest BCUT2D eigenvalue weighted by Crippen LogP contribution is -2.36. The van der Waals surface area contributed by atoms with Crippen LogP contribution in [0, 0.1) is 0 Å². The highest BCUT2D eigenvalue weighted by atomic mass is 32.1. The van der Waals surface area contributed by atoms with Gasteiger partial charge in [0.25, 0.3) is 0 Å². The SMILES string of the molecule is CC(O)N(CCO)c1nc2sc(N)cc2[nH]1. The highest BCUT2D eigenvalue weighted by Crippen LogP contribution is 2.28. The molecule has 2 aromatic heterocycles. The summed E-state index contributed by atoms with van der Waals surface area (Å²) in [4.78, 5) is 9.76. The van der Waals surface area contributed by atoms with E-state index in [9.17, 15) is 5.11 Å². The van der Waals surface area contributed by atoms with Crippen LogP contribution in [0.1, 0.15) is 6.92 Å². The second-order valence-electron chi connectivity index (χ2n) is 3.48. The number of aliphatic hydroxyl groups excluding tert-OH is 2. The first-order valence-electron chi connectivity index (χ1n) is 4.92. The van der Waals surface area contributed by atoms with Crippen molar-refractivity contribution >= 4 is 32.6 Å². The van der Waals surface area contributed by atoms with Crippen molar-refractivity contribution in [2.75, 3.05) is 23.8 Å². The number of H-pyrrole nitrogens is 1.